The molecule has 1 aromatic heterocycles. The van der Waals surface area contributed by atoms with Gasteiger partial charge in [0.15, 0.2) is 0 Å². The Bertz CT molecular complexity index is 400. The van der Waals surface area contributed by atoms with E-state index in [1.54, 1.807) is 19.2 Å². The molecule has 0 saturated heterocycles. The topological polar surface area (TPSA) is 28.5 Å². The van der Waals surface area contributed by atoms with Gasteiger partial charge >= 0.3 is 0 Å². The lowest BCUT2D eigenvalue weighted by atomic mass is 10.3. The van der Waals surface area contributed by atoms with E-state index in [-0.39, 0.29) is 0 Å². The largest absolute Gasteiger partial charge is 0.359 e. The summed E-state index contributed by atoms with van der Waals surface area (Å²) in [5.74, 6) is 0.891. The molecule has 0 saturated carbocycles. The summed E-state index contributed by atoms with van der Waals surface area (Å²) in [6.07, 6.45) is 1.76. The summed E-state index contributed by atoms with van der Waals surface area (Å²) in [6.45, 7) is 4.47. The summed E-state index contributed by atoms with van der Waals surface area (Å²) in [4.78, 5) is 10.9. The van der Waals surface area contributed by atoms with E-state index in [1.165, 1.54) is 0 Å². The molecule has 0 amide bonds. The van der Waals surface area contributed by atoms with Gasteiger partial charge in [0.05, 0.1) is 0 Å². The minimum absolute atomic E-state index is 0.506. The highest BCUT2D eigenvalue weighted by Crippen LogP contribution is 2.07. The molecule has 1 aromatic rings. The van der Waals surface area contributed by atoms with Crippen molar-refractivity contribution in [3.8, 4) is 0 Å². The molecule has 0 aliphatic rings. The second-order valence-electron chi connectivity index (χ2n) is 3.52. The molecule has 0 fully saturated rings. The molecule has 16 heavy (non-hydrogen) atoms. The summed E-state index contributed by atoms with van der Waals surface area (Å²) >= 11 is 10.6. The monoisotopic (exact) mass is 255 g/mol. The average molecular weight is 256 g/mol. The van der Waals surface area contributed by atoms with Gasteiger partial charge < -0.3 is 4.90 Å². The van der Waals surface area contributed by atoms with Crippen LogP contribution in [0.15, 0.2) is 23.3 Å². The second-order valence-corrected chi connectivity index (χ2v) is 4.50. The van der Waals surface area contributed by atoms with E-state index >= 15 is 0 Å². The Labute approximate surface area is 106 Å². The van der Waals surface area contributed by atoms with Crippen molar-refractivity contribution in [3.05, 3.63) is 29.0 Å². The maximum Gasteiger partial charge on any atom is 0.129 e. The van der Waals surface area contributed by atoms with Crippen LogP contribution in [0.1, 0.15) is 19.4 Å². The zero-order valence-corrected chi connectivity index (χ0v) is 11.1. The number of aliphatic imine (C=N–C) groups is 1. The molecule has 0 bridgehead atoms. The number of thiocarbonyl (C=S) groups is 1. The zero-order chi connectivity index (χ0) is 12.1. The summed E-state index contributed by atoms with van der Waals surface area (Å²) < 4.78 is 0. The van der Waals surface area contributed by atoms with Crippen molar-refractivity contribution in [2.75, 3.05) is 7.05 Å². The molecular formula is C11H14ClN3S. The van der Waals surface area contributed by atoms with Crippen LogP contribution in [-0.2, 0) is 6.54 Å². The van der Waals surface area contributed by atoms with Gasteiger partial charge in [-0.3, -0.25) is 0 Å². The van der Waals surface area contributed by atoms with Gasteiger partial charge in [-0.1, -0.05) is 29.9 Å². The van der Waals surface area contributed by atoms with Gasteiger partial charge in [0.25, 0.3) is 0 Å². The van der Waals surface area contributed by atoms with Gasteiger partial charge in [-0.05, 0) is 25.5 Å². The molecule has 1 heterocycles. The quantitative estimate of drug-likeness (QED) is 0.352. The molecule has 0 spiro atoms. The minimum atomic E-state index is 0.506. The van der Waals surface area contributed by atoms with Crippen molar-refractivity contribution in [2.24, 2.45) is 4.99 Å². The van der Waals surface area contributed by atoms with E-state index in [2.05, 4.69) is 9.98 Å². The Hall–Kier alpha value is -1.00. The molecule has 3 nitrogen and oxygen atoms in total. The van der Waals surface area contributed by atoms with Crippen molar-refractivity contribution in [3.63, 3.8) is 0 Å². The highest BCUT2D eigenvalue weighted by Gasteiger charge is 2.02. The molecular weight excluding hydrogens is 242 g/mol. The first-order valence-electron chi connectivity index (χ1n) is 4.86. The van der Waals surface area contributed by atoms with Crippen LogP contribution < -0.4 is 0 Å². The van der Waals surface area contributed by atoms with Crippen molar-refractivity contribution < 1.29 is 0 Å². The van der Waals surface area contributed by atoms with Gasteiger partial charge in [0, 0.05) is 19.8 Å². The normalized spacial score (nSPS) is 11.4. The Kier molecular flexibility index (Phi) is 4.83. The van der Waals surface area contributed by atoms with Gasteiger partial charge in [-0.25, -0.2) is 9.98 Å². The number of hydrogen-bond donors (Lipinski definition) is 0. The van der Waals surface area contributed by atoms with Gasteiger partial charge in [0.1, 0.15) is 16.0 Å². The van der Waals surface area contributed by atoms with Gasteiger partial charge in [-0.2, -0.15) is 0 Å². The van der Waals surface area contributed by atoms with Crippen molar-refractivity contribution in [1.82, 2.24) is 9.88 Å². The molecule has 0 aliphatic carbocycles. The molecule has 0 N–H and O–H groups in total. The summed E-state index contributed by atoms with van der Waals surface area (Å²) in [5.41, 5.74) is 1.09. The molecule has 0 aromatic carbocycles. The number of nitrogens with zero attached hydrogens (tertiary/aromatic N) is 3. The molecule has 1 rings (SSSR count). The molecule has 5 heteroatoms. The van der Waals surface area contributed by atoms with Gasteiger partial charge in [-0.15, -0.1) is 0 Å². The lowest BCUT2D eigenvalue weighted by molar-refractivity contribution is 0.497. The summed E-state index contributed by atoms with van der Waals surface area (Å²) in [5, 5.41) is 0.506. The molecule has 0 radical (unpaired) electrons. The Morgan fingerprint density at radius 2 is 2.19 bits per heavy atom. The van der Waals surface area contributed by atoms with E-state index in [0.29, 0.717) is 10.1 Å². The fourth-order valence-corrected chi connectivity index (χ4v) is 1.45. The summed E-state index contributed by atoms with van der Waals surface area (Å²) in [7, 11) is 1.96. The number of pyridine rings is 1. The molecule has 0 aliphatic heterocycles. The van der Waals surface area contributed by atoms with Crippen LogP contribution in [0.25, 0.3) is 0 Å². The third-order valence-electron chi connectivity index (χ3n) is 2.08. The lowest BCUT2D eigenvalue weighted by Crippen LogP contribution is -2.24. The third-order valence-corrected chi connectivity index (χ3v) is 2.39. The van der Waals surface area contributed by atoms with Crippen molar-refractivity contribution in [2.45, 2.75) is 20.4 Å². The van der Waals surface area contributed by atoms with Crippen molar-refractivity contribution in [1.29, 1.82) is 0 Å². The predicted molar refractivity (Wildman–Crippen MR) is 72.1 cm³/mol. The van der Waals surface area contributed by atoms with Gasteiger partial charge in [0.2, 0.25) is 0 Å². The number of amidine groups is 1. The standard InChI is InChI=1S/C11H14ClN3S/c1-8(14-9(2)16)15(3)7-10-4-5-11(12)13-6-10/h4-6H,7H2,1-3H3. The van der Waals surface area contributed by atoms with E-state index in [9.17, 15) is 0 Å². The van der Waals surface area contributed by atoms with E-state index in [0.717, 1.165) is 17.9 Å². The first kappa shape index (κ1) is 13.1. The first-order chi connectivity index (χ1) is 7.49. The Balaban J connectivity index is 2.67. The highest BCUT2D eigenvalue weighted by molar-refractivity contribution is 7.80. The predicted octanol–water partition coefficient (Wildman–Crippen LogP) is 2.93. The lowest BCUT2D eigenvalue weighted by Gasteiger charge is -2.18. The zero-order valence-electron chi connectivity index (χ0n) is 9.57. The number of aromatic nitrogens is 1. The van der Waals surface area contributed by atoms with Crippen LogP contribution >= 0.6 is 23.8 Å². The van der Waals surface area contributed by atoms with Crippen molar-refractivity contribution >= 4 is 34.6 Å². The summed E-state index contributed by atoms with van der Waals surface area (Å²) in [6, 6.07) is 3.73. The molecule has 86 valence electrons. The fraction of sp³-hybridized carbons (Fsp3) is 0.364. The number of hydrogen-bond acceptors (Lipinski definition) is 2. The van der Waals surface area contributed by atoms with E-state index < -0.39 is 0 Å². The Morgan fingerprint density at radius 1 is 1.50 bits per heavy atom. The first-order valence-corrected chi connectivity index (χ1v) is 5.65. The number of rotatable bonds is 2. The number of halogens is 1. The molecule has 0 atom stereocenters. The highest BCUT2D eigenvalue weighted by atomic mass is 35.5. The SMILES string of the molecule is CC(=S)N=C(C)N(C)Cc1ccc(Cl)nc1. The van der Waals surface area contributed by atoms with Crippen LogP contribution in [0.4, 0.5) is 0 Å². The third kappa shape index (κ3) is 4.24. The second kappa shape index (κ2) is 5.92. The maximum atomic E-state index is 5.71. The smallest absolute Gasteiger partial charge is 0.129 e. The van der Waals surface area contributed by atoms with E-state index in [4.69, 9.17) is 23.8 Å². The average Bonchev–Trinajstić information content (AvgIpc) is 2.20. The van der Waals surface area contributed by atoms with Crippen LogP contribution in [0.3, 0.4) is 0 Å². The molecule has 0 unspecified atom stereocenters. The van der Waals surface area contributed by atoms with Crippen LogP contribution in [-0.4, -0.2) is 27.8 Å². The van der Waals surface area contributed by atoms with Crippen LogP contribution in [0.2, 0.25) is 5.15 Å². The minimum Gasteiger partial charge on any atom is -0.359 e. The van der Waals surface area contributed by atoms with Crippen LogP contribution in [0, 0.1) is 0 Å². The van der Waals surface area contributed by atoms with Crippen LogP contribution in [0.5, 0.6) is 0 Å². The Morgan fingerprint density at radius 3 is 2.69 bits per heavy atom. The maximum absolute atomic E-state index is 5.71. The fourth-order valence-electron chi connectivity index (χ4n) is 1.20. The van der Waals surface area contributed by atoms with E-state index in [1.807, 2.05) is 24.9 Å².